The molecule has 1 amide bonds. The van der Waals surface area contributed by atoms with Gasteiger partial charge in [0.1, 0.15) is 5.75 Å². The number of carbonyl (C=O) groups excluding carboxylic acids is 1. The zero-order chi connectivity index (χ0) is 17.9. The third-order valence-electron chi connectivity index (χ3n) is 4.27. The minimum absolute atomic E-state index is 0.0530. The van der Waals surface area contributed by atoms with E-state index < -0.39 is 6.10 Å². The molecule has 0 fully saturated rings. The Labute approximate surface area is 145 Å². The molecule has 24 heavy (non-hydrogen) atoms. The normalized spacial score (nSPS) is 13.2. The van der Waals surface area contributed by atoms with Crippen molar-refractivity contribution in [2.75, 3.05) is 0 Å². The van der Waals surface area contributed by atoms with E-state index in [1.165, 1.54) is 11.1 Å². The van der Waals surface area contributed by atoms with Crippen molar-refractivity contribution in [3.8, 4) is 5.75 Å². The van der Waals surface area contributed by atoms with E-state index in [-0.39, 0.29) is 11.9 Å². The van der Waals surface area contributed by atoms with Crippen molar-refractivity contribution in [2.24, 2.45) is 0 Å². The minimum Gasteiger partial charge on any atom is -0.481 e. The Balaban J connectivity index is 2.04. The van der Waals surface area contributed by atoms with Gasteiger partial charge in [-0.25, -0.2) is 0 Å². The van der Waals surface area contributed by atoms with Gasteiger partial charge in [0.15, 0.2) is 6.10 Å². The Kier molecular flexibility index (Phi) is 5.66. The van der Waals surface area contributed by atoms with Gasteiger partial charge in [-0.15, -0.1) is 0 Å². The molecule has 0 unspecified atom stereocenters. The molecule has 2 atom stereocenters. The fourth-order valence-corrected chi connectivity index (χ4v) is 2.80. The second-order valence-electron chi connectivity index (χ2n) is 6.62. The average Bonchev–Trinajstić information content (AvgIpc) is 2.50. The predicted octanol–water partition coefficient (Wildman–Crippen LogP) is 4.56. The highest BCUT2D eigenvalue weighted by Crippen LogP contribution is 2.22. The number of benzene rings is 2. The van der Waals surface area contributed by atoms with Crippen molar-refractivity contribution in [3.05, 3.63) is 64.2 Å². The molecule has 0 heterocycles. The van der Waals surface area contributed by atoms with Crippen LogP contribution in [0.5, 0.6) is 5.75 Å². The summed E-state index contributed by atoms with van der Waals surface area (Å²) in [5, 5.41) is 3.05. The van der Waals surface area contributed by atoms with Crippen LogP contribution in [0.15, 0.2) is 36.4 Å². The Bertz CT molecular complexity index is 737. The van der Waals surface area contributed by atoms with Crippen LogP contribution < -0.4 is 10.1 Å². The first-order valence-corrected chi connectivity index (χ1v) is 8.39. The van der Waals surface area contributed by atoms with Gasteiger partial charge in [-0.2, -0.15) is 0 Å². The molecule has 1 N–H and O–H groups in total. The molecule has 0 aromatic heterocycles. The van der Waals surface area contributed by atoms with Crippen LogP contribution in [0.4, 0.5) is 0 Å². The number of hydrogen-bond donors (Lipinski definition) is 1. The van der Waals surface area contributed by atoms with E-state index in [4.69, 9.17) is 4.74 Å². The van der Waals surface area contributed by atoms with Crippen molar-refractivity contribution in [1.82, 2.24) is 5.32 Å². The Morgan fingerprint density at radius 1 is 0.917 bits per heavy atom. The SMILES string of the molecule is Cc1ccc([C@H](C)NC(=O)[C@@H](C)Oc2cc(C)ccc2C)c(C)c1. The van der Waals surface area contributed by atoms with E-state index in [2.05, 4.69) is 37.4 Å². The third-order valence-corrected chi connectivity index (χ3v) is 4.27. The van der Waals surface area contributed by atoms with Gasteiger partial charge in [0.05, 0.1) is 6.04 Å². The summed E-state index contributed by atoms with van der Waals surface area (Å²) in [5.74, 6) is 0.653. The van der Waals surface area contributed by atoms with Crippen LogP contribution in [-0.4, -0.2) is 12.0 Å². The minimum atomic E-state index is -0.543. The average molecular weight is 325 g/mol. The van der Waals surface area contributed by atoms with Crippen LogP contribution >= 0.6 is 0 Å². The van der Waals surface area contributed by atoms with E-state index >= 15 is 0 Å². The molecular formula is C21H27NO2. The molecule has 2 aromatic carbocycles. The number of hydrogen-bond acceptors (Lipinski definition) is 2. The van der Waals surface area contributed by atoms with Crippen molar-refractivity contribution in [1.29, 1.82) is 0 Å². The van der Waals surface area contributed by atoms with Gasteiger partial charge in [0.25, 0.3) is 5.91 Å². The number of carbonyl (C=O) groups is 1. The smallest absolute Gasteiger partial charge is 0.261 e. The predicted molar refractivity (Wildman–Crippen MR) is 98.5 cm³/mol. The third kappa shape index (κ3) is 4.38. The first kappa shape index (κ1) is 18.1. The van der Waals surface area contributed by atoms with E-state index in [0.29, 0.717) is 0 Å². The van der Waals surface area contributed by atoms with Gasteiger partial charge in [-0.1, -0.05) is 35.9 Å². The molecule has 0 saturated carbocycles. The molecule has 0 spiro atoms. The van der Waals surface area contributed by atoms with Crippen LogP contribution in [0.3, 0.4) is 0 Å². The first-order valence-electron chi connectivity index (χ1n) is 8.39. The zero-order valence-electron chi connectivity index (χ0n) is 15.4. The summed E-state index contributed by atoms with van der Waals surface area (Å²) in [4.78, 5) is 12.5. The van der Waals surface area contributed by atoms with Gasteiger partial charge >= 0.3 is 0 Å². The molecule has 0 aliphatic rings. The van der Waals surface area contributed by atoms with E-state index in [1.807, 2.05) is 39.0 Å². The van der Waals surface area contributed by atoms with E-state index in [9.17, 15) is 4.79 Å². The second kappa shape index (κ2) is 7.52. The van der Waals surface area contributed by atoms with E-state index in [0.717, 1.165) is 22.4 Å². The molecule has 3 heteroatoms. The largest absolute Gasteiger partial charge is 0.481 e. The number of nitrogens with one attached hydrogen (secondary N) is 1. The van der Waals surface area contributed by atoms with Crippen LogP contribution in [0.25, 0.3) is 0 Å². The highest BCUT2D eigenvalue weighted by atomic mass is 16.5. The van der Waals surface area contributed by atoms with Crippen molar-refractivity contribution < 1.29 is 9.53 Å². The summed E-state index contributed by atoms with van der Waals surface area (Å²) in [6.45, 7) is 11.9. The summed E-state index contributed by atoms with van der Waals surface area (Å²) in [5.41, 5.74) is 5.69. The maximum Gasteiger partial charge on any atom is 0.261 e. The molecule has 3 nitrogen and oxygen atoms in total. The molecule has 0 aliphatic carbocycles. The summed E-state index contributed by atoms with van der Waals surface area (Å²) in [7, 11) is 0. The Morgan fingerprint density at radius 3 is 2.21 bits per heavy atom. The van der Waals surface area contributed by atoms with Gasteiger partial charge in [-0.05, 0) is 69.9 Å². The fourth-order valence-electron chi connectivity index (χ4n) is 2.80. The molecular weight excluding hydrogens is 298 g/mol. The number of amides is 1. The Hall–Kier alpha value is -2.29. The standard InChI is InChI=1S/C21H27NO2/c1-13-8-10-19(16(4)11-13)17(5)22-21(23)18(6)24-20-12-14(2)7-9-15(20)3/h7-12,17-18H,1-6H3,(H,22,23)/t17-,18+/m0/s1. The lowest BCUT2D eigenvalue weighted by Crippen LogP contribution is -2.38. The molecule has 0 radical (unpaired) electrons. The molecule has 2 rings (SSSR count). The molecule has 0 saturated heterocycles. The van der Waals surface area contributed by atoms with Gasteiger partial charge in [0, 0.05) is 0 Å². The molecule has 2 aromatic rings. The van der Waals surface area contributed by atoms with E-state index in [1.54, 1.807) is 6.92 Å². The molecule has 0 bridgehead atoms. The van der Waals surface area contributed by atoms with Crippen LogP contribution in [0.2, 0.25) is 0 Å². The summed E-state index contributed by atoms with van der Waals surface area (Å²) in [6.07, 6.45) is -0.543. The van der Waals surface area contributed by atoms with Crippen LogP contribution in [0, 0.1) is 27.7 Å². The van der Waals surface area contributed by atoms with Gasteiger partial charge in [0.2, 0.25) is 0 Å². The lowest BCUT2D eigenvalue weighted by atomic mass is 10.00. The highest BCUT2D eigenvalue weighted by molar-refractivity contribution is 5.81. The maximum atomic E-state index is 12.5. The topological polar surface area (TPSA) is 38.3 Å². The number of aryl methyl sites for hydroxylation is 4. The fraction of sp³-hybridized carbons (Fsp3) is 0.381. The monoisotopic (exact) mass is 325 g/mol. The number of ether oxygens (including phenoxy) is 1. The van der Waals surface area contributed by atoms with Crippen LogP contribution in [-0.2, 0) is 4.79 Å². The highest BCUT2D eigenvalue weighted by Gasteiger charge is 2.19. The summed E-state index contributed by atoms with van der Waals surface area (Å²) < 4.78 is 5.86. The lowest BCUT2D eigenvalue weighted by molar-refractivity contribution is -0.127. The number of rotatable bonds is 5. The Morgan fingerprint density at radius 2 is 1.54 bits per heavy atom. The zero-order valence-corrected chi connectivity index (χ0v) is 15.4. The molecule has 128 valence electrons. The van der Waals surface area contributed by atoms with Crippen molar-refractivity contribution in [3.63, 3.8) is 0 Å². The summed E-state index contributed by atoms with van der Waals surface area (Å²) >= 11 is 0. The first-order chi connectivity index (χ1) is 11.3. The summed E-state index contributed by atoms with van der Waals surface area (Å²) in [6, 6.07) is 12.2. The molecule has 0 aliphatic heterocycles. The second-order valence-corrected chi connectivity index (χ2v) is 6.62. The quantitative estimate of drug-likeness (QED) is 0.875. The van der Waals surface area contributed by atoms with Crippen molar-refractivity contribution in [2.45, 2.75) is 53.7 Å². The van der Waals surface area contributed by atoms with Gasteiger partial charge < -0.3 is 10.1 Å². The lowest BCUT2D eigenvalue weighted by Gasteiger charge is -2.21. The van der Waals surface area contributed by atoms with Crippen molar-refractivity contribution >= 4 is 5.91 Å². The maximum absolute atomic E-state index is 12.5. The van der Waals surface area contributed by atoms with Crippen LogP contribution in [0.1, 0.15) is 47.7 Å². The van der Waals surface area contributed by atoms with Gasteiger partial charge in [-0.3, -0.25) is 4.79 Å².